The van der Waals surface area contributed by atoms with E-state index in [9.17, 15) is 14.4 Å². The number of aromatic nitrogens is 2. The number of likely N-dealkylation sites (tertiary alicyclic amines) is 1. The summed E-state index contributed by atoms with van der Waals surface area (Å²) in [6.45, 7) is 3.35. The molecule has 1 aromatic rings. The number of amides is 1. The Bertz CT molecular complexity index is 814. The first kappa shape index (κ1) is 18.5. The summed E-state index contributed by atoms with van der Waals surface area (Å²) in [5.74, 6) is 0.516. The van der Waals surface area contributed by atoms with E-state index in [1.807, 2.05) is 4.90 Å². The van der Waals surface area contributed by atoms with Crippen molar-refractivity contribution in [1.82, 2.24) is 14.5 Å². The topological polar surface area (TPSA) is 81.5 Å². The van der Waals surface area contributed by atoms with Gasteiger partial charge in [-0.25, -0.2) is 4.98 Å². The minimum absolute atomic E-state index is 0.0521. The Kier molecular flexibility index (Phi) is 5.25. The summed E-state index contributed by atoms with van der Waals surface area (Å²) in [4.78, 5) is 43.9. The Morgan fingerprint density at radius 3 is 2.78 bits per heavy atom. The highest BCUT2D eigenvalue weighted by molar-refractivity contribution is 7.99. The molecule has 146 valence electrons. The molecule has 27 heavy (non-hydrogen) atoms. The molecule has 4 rings (SSSR count). The molecule has 3 heterocycles. The lowest BCUT2D eigenvalue weighted by atomic mass is 9.96. The Morgan fingerprint density at radius 2 is 2.04 bits per heavy atom. The van der Waals surface area contributed by atoms with E-state index in [0.29, 0.717) is 39.0 Å². The molecule has 1 aliphatic carbocycles. The quantitative estimate of drug-likeness (QED) is 0.572. The van der Waals surface area contributed by atoms with Crippen molar-refractivity contribution in [2.45, 2.75) is 56.6 Å². The molecule has 1 unspecified atom stereocenters. The molecule has 8 heteroatoms. The molecule has 3 aliphatic rings. The zero-order chi connectivity index (χ0) is 19.0. The lowest BCUT2D eigenvalue weighted by Gasteiger charge is -2.31. The third kappa shape index (κ3) is 3.51. The summed E-state index contributed by atoms with van der Waals surface area (Å²) in [5, 5.41) is 0.763. The van der Waals surface area contributed by atoms with Crippen molar-refractivity contribution in [3.63, 3.8) is 0 Å². The van der Waals surface area contributed by atoms with Crippen LogP contribution in [0.3, 0.4) is 0 Å². The monoisotopic (exact) mass is 391 g/mol. The van der Waals surface area contributed by atoms with Crippen LogP contribution in [0.1, 0.15) is 49.9 Å². The molecule has 0 aromatic carbocycles. The van der Waals surface area contributed by atoms with Gasteiger partial charge in [0.1, 0.15) is 0 Å². The van der Waals surface area contributed by atoms with Crippen molar-refractivity contribution in [2.75, 3.05) is 25.4 Å². The van der Waals surface area contributed by atoms with E-state index in [0.717, 1.165) is 41.4 Å². The molecular formula is C19H25N3O4S. The van der Waals surface area contributed by atoms with Gasteiger partial charge in [-0.15, -0.1) is 0 Å². The zero-order valence-electron chi connectivity index (χ0n) is 15.6. The number of hydrogen-bond donors (Lipinski definition) is 0. The first-order valence-corrected chi connectivity index (χ1v) is 10.8. The average molecular weight is 391 g/mol. The fourth-order valence-electron chi connectivity index (χ4n) is 4.26. The molecule has 0 bridgehead atoms. The maximum Gasteiger partial charge on any atom is 0.309 e. The van der Waals surface area contributed by atoms with E-state index >= 15 is 0 Å². The second kappa shape index (κ2) is 7.66. The smallest absolute Gasteiger partial charge is 0.309 e. The number of nitrogens with zero attached hydrogens (tertiary/aromatic N) is 3. The highest BCUT2D eigenvalue weighted by atomic mass is 32.2. The molecule has 0 spiro atoms. The number of rotatable bonds is 4. The first-order valence-electron chi connectivity index (χ1n) is 9.80. The molecule has 0 saturated carbocycles. The van der Waals surface area contributed by atoms with Crippen molar-refractivity contribution in [1.29, 1.82) is 0 Å². The largest absolute Gasteiger partial charge is 0.466 e. The molecular weight excluding hydrogens is 366 g/mol. The van der Waals surface area contributed by atoms with Crippen LogP contribution in [0.15, 0.2) is 9.95 Å². The summed E-state index contributed by atoms with van der Waals surface area (Å²) >= 11 is 1.57. The lowest BCUT2D eigenvalue weighted by Crippen LogP contribution is -2.42. The number of piperidine rings is 1. The van der Waals surface area contributed by atoms with Crippen LogP contribution in [0.2, 0.25) is 0 Å². The van der Waals surface area contributed by atoms with Gasteiger partial charge in [-0.05, 0) is 39.0 Å². The summed E-state index contributed by atoms with van der Waals surface area (Å²) in [7, 11) is 0. The Labute approximate surface area is 162 Å². The standard InChI is InChI=1S/C19H25N3O4S/c1-2-26-18(25)12-6-8-21(9-7-12)16(23)10-13-11-27-19-20-15-5-3-4-14(15)17(24)22(13)19/h12-13H,2-11H2,1H3. The Balaban J connectivity index is 1.40. The van der Waals surface area contributed by atoms with Crippen LogP contribution in [0.5, 0.6) is 0 Å². The van der Waals surface area contributed by atoms with Gasteiger partial charge in [-0.3, -0.25) is 19.0 Å². The molecule has 0 radical (unpaired) electrons. The van der Waals surface area contributed by atoms with Gasteiger partial charge < -0.3 is 9.64 Å². The van der Waals surface area contributed by atoms with Gasteiger partial charge in [0.15, 0.2) is 5.16 Å². The zero-order valence-corrected chi connectivity index (χ0v) is 16.4. The number of hydrogen-bond acceptors (Lipinski definition) is 6. The molecule has 2 aliphatic heterocycles. The van der Waals surface area contributed by atoms with E-state index in [1.54, 1.807) is 23.3 Å². The summed E-state index contributed by atoms with van der Waals surface area (Å²) in [6, 6.07) is -0.119. The number of carbonyl (C=O) groups is 2. The van der Waals surface area contributed by atoms with Gasteiger partial charge in [0, 0.05) is 30.8 Å². The second-order valence-electron chi connectivity index (χ2n) is 7.42. The SMILES string of the molecule is CCOC(=O)C1CCN(C(=O)CC2CSc3nc4c(c(=O)n32)CCC4)CC1. The fourth-order valence-corrected chi connectivity index (χ4v) is 5.41. The molecule has 1 aromatic heterocycles. The Morgan fingerprint density at radius 1 is 1.26 bits per heavy atom. The normalized spacial score (nSPS) is 21.8. The first-order chi connectivity index (χ1) is 13.1. The van der Waals surface area contributed by atoms with E-state index in [2.05, 4.69) is 4.98 Å². The van der Waals surface area contributed by atoms with E-state index in [-0.39, 0.29) is 29.4 Å². The molecule has 7 nitrogen and oxygen atoms in total. The predicted octanol–water partition coefficient (Wildman–Crippen LogP) is 1.57. The molecule has 1 atom stereocenters. The number of aryl methyl sites for hydroxylation is 1. The molecule has 1 fully saturated rings. The summed E-state index contributed by atoms with van der Waals surface area (Å²) < 4.78 is 6.83. The highest BCUT2D eigenvalue weighted by Gasteiger charge is 2.34. The third-order valence-electron chi connectivity index (χ3n) is 5.75. The number of esters is 1. The number of carbonyl (C=O) groups excluding carboxylic acids is 2. The van der Waals surface area contributed by atoms with Crippen molar-refractivity contribution in [3.8, 4) is 0 Å². The van der Waals surface area contributed by atoms with Crippen LogP contribution in [0.4, 0.5) is 0 Å². The van der Waals surface area contributed by atoms with Crippen molar-refractivity contribution in [3.05, 3.63) is 21.6 Å². The predicted molar refractivity (Wildman–Crippen MR) is 101 cm³/mol. The summed E-state index contributed by atoms with van der Waals surface area (Å²) in [5.41, 5.74) is 1.84. The Hall–Kier alpha value is -1.83. The lowest BCUT2D eigenvalue weighted by molar-refractivity contribution is -0.151. The van der Waals surface area contributed by atoms with Crippen LogP contribution in [0.25, 0.3) is 0 Å². The maximum atomic E-state index is 12.8. The molecule has 1 saturated heterocycles. The third-order valence-corrected chi connectivity index (χ3v) is 6.85. The van der Waals surface area contributed by atoms with Crippen molar-refractivity contribution >= 4 is 23.6 Å². The van der Waals surface area contributed by atoms with Crippen LogP contribution >= 0.6 is 11.8 Å². The van der Waals surface area contributed by atoms with Gasteiger partial charge in [0.25, 0.3) is 5.56 Å². The van der Waals surface area contributed by atoms with E-state index in [1.165, 1.54) is 0 Å². The second-order valence-corrected chi connectivity index (χ2v) is 8.41. The van der Waals surface area contributed by atoms with Gasteiger partial charge in [0.2, 0.25) is 5.91 Å². The number of thioether (sulfide) groups is 1. The number of ether oxygens (including phenoxy) is 1. The minimum atomic E-state index is -0.155. The van der Waals surface area contributed by atoms with Gasteiger partial charge in [0.05, 0.1) is 24.3 Å². The highest BCUT2D eigenvalue weighted by Crippen LogP contribution is 2.34. The van der Waals surface area contributed by atoms with Crippen LogP contribution < -0.4 is 5.56 Å². The molecule has 1 amide bonds. The molecule has 0 N–H and O–H groups in total. The fraction of sp³-hybridized carbons (Fsp3) is 0.684. The van der Waals surface area contributed by atoms with E-state index in [4.69, 9.17) is 4.74 Å². The van der Waals surface area contributed by atoms with Crippen LogP contribution in [-0.2, 0) is 27.2 Å². The van der Waals surface area contributed by atoms with Gasteiger partial charge >= 0.3 is 5.97 Å². The van der Waals surface area contributed by atoms with Gasteiger partial charge in [-0.2, -0.15) is 0 Å². The van der Waals surface area contributed by atoms with Crippen LogP contribution in [0, 0.1) is 5.92 Å². The van der Waals surface area contributed by atoms with Crippen LogP contribution in [-0.4, -0.2) is 51.8 Å². The maximum absolute atomic E-state index is 12.8. The van der Waals surface area contributed by atoms with E-state index < -0.39 is 0 Å². The average Bonchev–Trinajstić information content (AvgIpc) is 3.30. The van der Waals surface area contributed by atoms with Crippen molar-refractivity contribution < 1.29 is 14.3 Å². The van der Waals surface area contributed by atoms with Gasteiger partial charge in [-0.1, -0.05) is 11.8 Å². The number of fused-ring (bicyclic) bond motifs is 2. The van der Waals surface area contributed by atoms with Crippen molar-refractivity contribution in [2.24, 2.45) is 5.92 Å². The minimum Gasteiger partial charge on any atom is -0.466 e. The summed E-state index contributed by atoms with van der Waals surface area (Å²) in [6.07, 6.45) is 4.30.